The molecule has 13 heteroatoms. The molecule has 0 amide bonds. The van der Waals surface area contributed by atoms with Crippen molar-refractivity contribution in [1.82, 2.24) is 0 Å². The molecule has 0 fully saturated rings. The molecule has 1 rings (SSSR count). The maximum absolute atomic E-state index is 12.1. The van der Waals surface area contributed by atoms with Crippen LogP contribution < -0.4 is 0 Å². The molecule has 0 saturated heterocycles. The fourth-order valence-corrected chi connectivity index (χ4v) is 2.21. The molecule has 0 saturated carbocycles. The Morgan fingerprint density at radius 3 is 1.04 bits per heavy atom. The van der Waals surface area contributed by atoms with Crippen LogP contribution in [0.25, 0.3) is 0 Å². The Hall–Kier alpha value is -4.55. The Kier molecular flexibility index (Phi) is 5.97. The molecular formula is C15H8O13. The van der Waals surface area contributed by atoms with Gasteiger partial charge in [-0.3, -0.25) is 0 Å². The molecule has 28 heavy (non-hydrogen) atoms. The topological polar surface area (TPSA) is 230 Å². The SMILES string of the molecule is C=CC(=O)OC(=O)c1c(C(=O)O)c(C(=O)O)c(C(=O)O)c(C(=O)O)c1C(=O)O. The van der Waals surface area contributed by atoms with Crippen LogP contribution in [0.15, 0.2) is 12.7 Å². The highest BCUT2D eigenvalue weighted by Crippen LogP contribution is 2.30. The zero-order valence-corrected chi connectivity index (χ0v) is 13.3. The van der Waals surface area contributed by atoms with Crippen molar-refractivity contribution in [2.75, 3.05) is 0 Å². The van der Waals surface area contributed by atoms with E-state index >= 15 is 0 Å². The monoisotopic (exact) mass is 396 g/mol. The largest absolute Gasteiger partial charge is 0.478 e. The molecule has 0 atom stereocenters. The fraction of sp³-hybridized carbons (Fsp3) is 0. The van der Waals surface area contributed by atoms with E-state index in [9.17, 15) is 59.1 Å². The van der Waals surface area contributed by atoms with E-state index in [1.54, 1.807) is 0 Å². The van der Waals surface area contributed by atoms with Gasteiger partial charge in [-0.05, 0) is 0 Å². The average molecular weight is 396 g/mol. The van der Waals surface area contributed by atoms with Crippen molar-refractivity contribution in [2.24, 2.45) is 0 Å². The van der Waals surface area contributed by atoms with Crippen LogP contribution in [0.2, 0.25) is 0 Å². The van der Waals surface area contributed by atoms with Gasteiger partial charge in [0.25, 0.3) is 0 Å². The summed E-state index contributed by atoms with van der Waals surface area (Å²) in [6.07, 6.45) is 0.417. The quantitative estimate of drug-likeness (QED) is 0.233. The Bertz CT molecular complexity index is 929. The molecule has 0 aliphatic rings. The van der Waals surface area contributed by atoms with Crippen LogP contribution >= 0.6 is 0 Å². The van der Waals surface area contributed by atoms with Crippen LogP contribution in [0, 0.1) is 0 Å². The third-order valence-corrected chi connectivity index (χ3v) is 3.13. The Morgan fingerprint density at radius 1 is 0.571 bits per heavy atom. The first-order valence-corrected chi connectivity index (χ1v) is 6.65. The Labute approximate surface area is 152 Å². The van der Waals surface area contributed by atoms with Gasteiger partial charge in [0.15, 0.2) is 0 Å². The second-order valence-corrected chi connectivity index (χ2v) is 4.69. The second kappa shape index (κ2) is 7.77. The molecule has 0 aliphatic heterocycles. The lowest BCUT2D eigenvalue weighted by atomic mass is 9.86. The maximum atomic E-state index is 12.1. The number of benzene rings is 1. The highest BCUT2D eigenvalue weighted by atomic mass is 16.6. The number of carboxylic acid groups (broad SMARTS) is 5. The van der Waals surface area contributed by atoms with Gasteiger partial charge in [-0.15, -0.1) is 0 Å². The van der Waals surface area contributed by atoms with Crippen molar-refractivity contribution in [3.05, 3.63) is 46.0 Å². The summed E-state index contributed by atoms with van der Waals surface area (Å²) in [6.45, 7) is 2.93. The summed E-state index contributed by atoms with van der Waals surface area (Å²) < 4.78 is 4.08. The van der Waals surface area contributed by atoms with Gasteiger partial charge in [0.1, 0.15) is 0 Å². The Morgan fingerprint density at radius 2 is 0.821 bits per heavy atom. The van der Waals surface area contributed by atoms with E-state index in [0.717, 1.165) is 0 Å². The van der Waals surface area contributed by atoms with Gasteiger partial charge in [0.2, 0.25) is 0 Å². The number of rotatable bonds is 7. The molecule has 13 nitrogen and oxygen atoms in total. The van der Waals surface area contributed by atoms with Crippen LogP contribution in [-0.2, 0) is 9.53 Å². The molecule has 0 aliphatic carbocycles. The maximum Gasteiger partial charge on any atom is 0.347 e. The summed E-state index contributed by atoms with van der Waals surface area (Å²) in [5.41, 5.74) is -10.1. The minimum Gasteiger partial charge on any atom is -0.478 e. The number of esters is 2. The minimum atomic E-state index is -2.29. The summed E-state index contributed by atoms with van der Waals surface area (Å²) in [7, 11) is 0. The summed E-state index contributed by atoms with van der Waals surface area (Å²) in [4.78, 5) is 80.7. The van der Waals surface area contributed by atoms with E-state index in [2.05, 4.69) is 11.3 Å². The predicted octanol–water partition coefficient (Wildman–Crippen LogP) is 0.0470. The zero-order chi connectivity index (χ0) is 21.9. The molecule has 1 aromatic carbocycles. The molecule has 0 bridgehead atoms. The number of carbonyl (C=O) groups is 7. The summed E-state index contributed by atoms with van der Waals surface area (Å²) >= 11 is 0. The molecule has 0 aromatic heterocycles. The lowest BCUT2D eigenvalue weighted by Gasteiger charge is -2.16. The van der Waals surface area contributed by atoms with E-state index in [0.29, 0.717) is 6.08 Å². The molecule has 146 valence electrons. The van der Waals surface area contributed by atoms with E-state index in [1.165, 1.54) is 0 Å². The van der Waals surface area contributed by atoms with Crippen molar-refractivity contribution in [3.63, 3.8) is 0 Å². The molecule has 1 aromatic rings. The van der Waals surface area contributed by atoms with Crippen molar-refractivity contribution in [1.29, 1.82) is 0 Å². The minimum absolute atomic E-state index is 0.417. The first-order valence-electron chi connectivity index (χ1n) is 6.65. The van der Waals surface area contributed by atoms with E-state index in [-0.39, 0.29) is 0 Å². The van der Waals surface area contributed by atoms with Crippen LogP contribution in [0.5, 0.6) is 0 Å². The first kappa shape index (κ1) is 21.5. The van der Waals surface area contributed by atoms with Gasteiger partial charge < -0.3 is 30.3 Å². The van der Waals surface area contributed by atoms with E-state index in [4.69, 9.17) is 0 Å². The van der Waals surface area contributed by atoms with Gasteiger partial charge in [-0.1, -0.05) is 6.58 Å². The van der Waals surface area contributed by atoms with Gasteiger partial charge in [0.05, 0.1) is 33.4 Å². The third-order valence-electron chi connectivity index (χ3n) is 3.13. The third kappa shape index (κ3) is 3.67. The summed E-state index contributed by atoms with van der Waals surface area (Å²) in [5.74, 6) is -15.0. The number of carboxylic acids is 5. The number of hydrogen-bond donors (Lipinski definition) is 5. The van der Waals surface area contributed by atoms with Gasteiger partial charge in [-0.25, -0.2) is 33.6 Å². The zero-order valence-electron chi connectivity index (χ0n) is 13.3. The van der Waals surface area contributed by atoms with Crippen LogP contribution in [0.3, 0.4) is 0 Å². The van der Waals surface area contributed by atoms with Crippen molar-refractivity contribution < 1.29 is 63.8 Å². The molecule has 0 spiro atoms. The normalized spacial score (nSPS) is 9.86. The summed E-state index contributed by atoms with van der Waals surface area (Å²) in [6, 6.07) is 0. The van der Waals surface area contributed by atoms with Crippen LogP contribution in [0.1, 0.15) is 62.1 Å². The fourth-order valence-electron chi connectivity index (χ4n) is 2.21. The molecule has 0 unspecified atom stereocenters. The van der Waals surface area contributed by atoms with E-state index in [1.807, 2.05) is 0 Å². The molecule has 0 radical (unpaired) electrons. The first-order chi connectivity index (χ1) is 12.9. The molecule has 5 N–H and O–H groups in total. The number of hydrogen-bond acceptors (Lipinski definition) is 8. The lowest BCUT2D eigenvalue weighted by Crippen LogP contribution is -2.29. The smallest absolute Gasteiger partial charge is 0.347 e. The second-order valence-electron chi connectivity index (χ2n) is 4.69. The van der Waals surface area contributed by atoms with Crippen molar-refractivity contribution in [3.8, 4) is 0 Å². The molecular weight excluding hydrogens is 388 g/mol. The van der Waals surface area contributed by atoms with E-state index < -0.39 is 75.2 Å². The highest BCUT2D eigenvalue weighted by molar-refractivity contribution is 6.23. The number of carbonyl (C=O) groups excluding carboxylic acids is 2. The van der Waals surface area contributed by atoms with Gasteiger partial charge in [-0.2, -0.15) is 0 Å². The summed E-state index contributed by atoms with van der Waals surface area (Å²) in [5, 5.41) is 46.1. The predicted molar refractivity (Wildman–Crippen MR) is 81.9 cm³/mol. The molecule has 0 heterocycles. The average Bonchev–Trinajstić information content (AvgIpc) is 2.57. The standard InChI is InChI=1S/C15H8O13/c1-2-3(16)28-15(27)9-7(13(23)24)5(11(19)20)4(10(17)18)6(12(21)22)8(9)14(25)26/h2H,1H2,(H,17,18)(H,19,20)(H,21,22)(H,23,24)(H,25,26). The Balaban J connectivity index is 4.40. The van der Waals surface area contributed by atoms with Crippen LogP contribution in [0.4, 0.5) is 0 Å². The van der Waals surface area contributed by atoms with Gasteiger partial charge >= 0.3 is 41.8 Å². The number of ether oxygens (including phenoxy) is 1. The lowest BCUT2D eigenvalue weighted by molar-refractivity contribution is -0.132. The van der Waals surface area contributed by atoms with Gasteiger partial charge in [0, 0.05) is 6.08 Å². The van der Waals surface area contributed by atoms with Crippen molar-refractivity contribution >= 4 is 41.8 Å². The number of aromatic carboxylic acids is 5. The van der Waals surface area contributed by atoms with Crippen LogP contribution in [-0.4, -0.2) is 67.3 Å². The highest BCUT2D eigenvalue weighted by Gasteiger charge is 2.41. The van der Waals surface area contributed by atoms with Crippen molar-refractivity contribution in [2.45, 2.75) is 0 Å².